The Morgan fingerprint density at radius 3 is 2.62 bits per heavy atom. The lowest BCUT2D eigenvalue weighted by Gasteiger charge is -2.34. The highest BCUT2D eigenvalue weighted by molar-refractivity contribution is 14.0. The van der Waals surface area contributed by atoms with Gasteiger partial charge in [-0.2, -0.15) is 0 Å². The van der Waals surface area contributed by atoms with E-state index in [9.17, 15) is 0 Å². The predicted octanol–water partition coefficient (Wildman–Crippen LogP) is 2.94. The number of piperidine rings is 1. The number of aryl methyl sites for hydroxylation is 1. The summed E-state index contributed by atoms with van der Waals surface area (Å²) >= 11 is 0. The fraction of sp³-hybridized carbons (Fsp3) is 0.667. The molecule has 3 rings (SSSR count). The fourth-order valence-corrected chi connectivity index (χ4v) is 3.15. The van der Waals surface area contributed by atoms with Crippen molar-refractivity contribution in [2.75, 3.05) is 31.6 Å². The maximum absolute atomic E-state index is 4.63. The highest BCUT2D eigenvalue weighted by Crippen LogP contribution is 2.31. The molecule has 2 aliphatic rings. The van der Waals surface area contributed by atoms with E-state index in [0.717, 1.165) is 55.9 Å². The Labute approximate surface area is 162 Å². The summed E-state index contributed by atoms with van der Waals surface area (Å²) in [5.41, 5.74) is 1.09. The number of anilines is 1. The van der Waals surface area contributed by atoms with Crippen LogP contribution in [0.3, 0.4) is 0 Å². The van der Waals surface area contributed by atoms with Crippen molar-refractivity contribution in [2.45, 2.75) is 45.1 Å². The molecule has 6 heteroatoms. The molecule has 0 radical (unpaired) electrons. The van der Waals surface area contributed by atoms with Crippen LogP contribution in [0.15, 0.2) is 23.2 Å². The van der Waals surface area contributed by atoms with Crippen LogP contribution in [0.4, 0.5) is 5.82 Å². The van der Waals surface area contributed by atoms with Gasteiger partial charge in [-0.15, -0.1) is 24.0 Å². The van der Waals surface area contributed by atoms with Crippen LogP contribution in [0.5, 0.6) is 0 Å². The number of pyridine rings is 1. The number of nitrogens with zero attached hydrogens (tertiary/aromatic N) is 3. The number of rotatable bonds is 5. The van der Waals surface area contributed by atoms with E-state index in [0.29, 0.717) is 6.04 Å². The van der Waals surface area contributed by atoms with Gasteiger partial charge in [-0.05, 0) is 44.2 Å². The maximum atomic E-state index is 4.63. The molecule has 0 aromatic carbocycles. The Balaban J connectivity index is 0.00000208. The van der Waals surface area contributed by atoms with E-state index in [1.54, 1.807) is 0 Å². The first-order valence-electron chi connectivity index (χ1n) is 8.90. The summed E-state index contributed by atoms with van der Waals surface area (Å²) in [6.07, 6.45) is 6.36. The van der Waals surface area contributed by atoms with Crippen LogP contribution in [0.25, 0.3) is 0 Å². The number of guanidine groups is 1. The van der Waals surface area contributed by atoms with Gasteiger partial charge in [0.25, 0.3) is 0 Å². The molecule has 134 valence electrons. The van der Waals surface area contributed by atoms with Crippen LogP contribution >= 0.6 is 24.0 Å². The second-order valence-corrected chi connectivity index (χ2v) is 6.77. The summed E-state index contributed by atoms with van der Waals surface area (Å²) in [7, 11) is 1.86. The first kappa shape index (κ1) is 19.3. The summed E-state index contributed by atoms with van der Waals surface area (Å²) in [5.74, 6) is 3.03. The Morgan fingerprint density at radius 2 is 2.00 bits per heavy atom. The van der Waals surface area contributed by atoms with E-state index >= 15 is 0 Å². The standard InChI is InChI=1S/C18H29N5.HI/c1-14-4-3-5-17(21-14)23-12-9-16(10-13-23)22-18(19-2)20-11-8-15-6-7-15;/h3-5,15-16H,6-13H2,1-2H3,(H2,19,20,22);1H. The van der Waals surface area contributed by atoms with E-state index in [-0.39, 0.29) is 24.0 Å². The minimum atomic E-state index is 0. The highest BCUT2D eigenvalue weighted by atomic mass is 127. The van der Waals surface area contributed by atoms with Gasteiger partial charge in [0.2, 0.25) is 0 Å². The molecule has 5 nitrogen and oxygen atoms in total. The van der Waals surface area contributed by atoms with Gasteiger partial charge in [0.15, 0.2) is 5.96 Å². The molecule has 2 heterocycles. The first-order chi connectivity index (χ1) is 11.2. The SMILES string of the molecule is CN=C(NCCC1CC1)NC1CCN(c2cccc(C)n2)CC1.I. The van der Waals surface area contributed by atoms with Gasteiger partial charge < -0.3 is 15.5 Å². The molecule has 1 saturated carbocycles. The van der Waals surface area contributed by atoms with Crippen molar-refractivity contribution in [1.29, 1.82) is 0 Å². The normalized spacial score (nSPS) is 18.9. The summed E-state index contributed by atoms with van der Waals surface area (Å²) in [5, 5.41) is 7.03. The molecule has 1 aliphatic carbocycles. The van der Waals surface area contributed by atoms with Crippen molar-refractivity contribution in [3.05, 3.63) is 23.9 Å². The van der Waals surface area contributed by atoms with Crippen molar-refractivity contribution in [3.63, 3.8) is 0 Å². The molecule has 24 heavy (non-hydrogen) atoms. The summed E-state index contributed by atoms with van der Waals surface area (Å²) < 4.78 is 0. The average molecular weight is 443 g/mol. The molecule has 2 fully saturated rings. The molecule has 0 atom stereocenters. The summed E-state index contributed by atoms with van der Waals surface area (Å²) in [6.45, 7) is 5.19. The summed E-state index contributed by atoms with van der Waals surface area (Å²) in [6, 6.07) is 6.75. The van der Waals surface area contributed by atoms with Crippen molar-refractivity contribution in [2.24, 2.45) is 10.9 Å². The lowest BCUT2D eigenvalue weighted by Crippen LogP contribution is -2.49. The van der Waals surface area contributed by atoms with Gasteiger partial charge in [-0.3, -0.25) is 4.99 Å². The van der Waals surface area contributed by atoms with Crippen LogP contribution in [-0.2, 0) is 0 Å². The van der Waals surface area contributed by atoms with E-state index in [1.807, 2.05) is 7.05 Å². The topological polar surface area (TPSA) is 52.6 Å². The molecule has 1 aliphatic heterocycles. The van der Waals surface area contributed by atoms with Crippen LogP contribution in [0, 0.1) is 12.8 Å². The van der Waals surface area contributed by atoms with Crippen LogP contribution in [0.2, 0.25) is 0 Å². The number of nitrogens with one attached hydrogen (secondary N) is 2. The monoisotopic (exact) mass is 443 g/mol. The average Bonchev–Trinajstić information content (AvgIpc) is 3.39. The molecule has 0 spiro atoms. The van der Waals surface area contributed by atoms with Crippen LogP contribution in [-0.4, -0.2) is 43.7 Å². The number of hydrogen-bond donors (Lipinski definition) is 2. The minimum absolute atomic E-state index is 0. The smallest absolute Gasteiger partial charge is 0.191 e. The van der Waals surface area contributed by atoms with Gasteiger partial charge in [0.05, 0.1) is 0 Å². The van der Waals surface area contributed by atoms with Crippen LogP contribution < -0.4 is 15.5 Å². The third kappa shape index (κ3) is 5.79. The zero-order valence-corrected chi connectivity index (χ0v) is 17.1. The number of aliphatic imine (C=N–C) groups is 1. The quantitative estimate of drug-likeness (QED) is 0.418. The lowest BCUT2D eigenvalue weighted by molar-refractivity contribution is 0.459. The Bertz CT molecular complexity index is 536. The largest absolute Gasteiger partial charge is 0.356 e. The molecule has 0 bridgehead atoms. The molecular weight excluding hydrogens is 413 g/mol. The third-order valence-electron chi connectivity index (χ3n) is 4.80. The van der Waals surface area contributed by atoms with Crippen molar-refractivity contribution < 1.29 is 0 Å². The number of halogens is 1. The Kier molecular flexibility index (Phi) is 7.58. The lowest BCUT2D eigenvalue weighted by atomic mass is 10.1. The van der Waals surface area contributed by atoms with Gasteiger partial charge >= 0.3 is 0 Å². The molecule has 0 unspecified atom stereocenters. The molecule has 0 amide bonds. The van der Waals surface area contributed by atoms with Gasteiger partial charge in [0.1, 0.15) is 5.82 Å². The Morgan fingerprint density at radius 1 is 1.25 bits per heavy atom. The fourth-order valence-electron chi connectivity index (χ4n) is 3.15. The third-order valence-corrected chi connectivity index (χ3v) is 4.80. The zero-order chi connectivity index (χ0) is 16.1. The second kappa shape index (κ2) is 9.44. The maximum Gasteiger partial charge on any atom is 0.191 e. The number of hydrogen-bond acceptors (Lipinski definition) is 3. The minimum Gasteiger partial charge on any atom is -0.356 e. The van der Waals surface area contributed by atoms with E-state index in [4.69, 9.17) is 0 Å². The van der Waals surface area contributed by atoms with Crippen molar-refractivity contribution in [3.8, 4) is 0 Å². The van der Waals surface area contributed by atoms with Crippen molar-refractivity contribution >= 4 is 35.8 Å². The second-order valence-electron chi connectivity index (χ2n) is 6.77. The first-order valence-corrected chi connectivity index (χ1v) is 8.90. The van der Waals surface area contributed by atoms with E-state index in [2.05, 4.69) is 50.6 Å². The van der Waals surface area contributed by atoms with Crippen molar-refractivity contribution in [1.82, 2.24) is 15.6 Å². The zero-order valence-electron chi connectivity index (χ0n) is 14.8. The van der Waals surface area contributed by atoms with Crippen LogP contribution in [0.1, 0.15) is 37.8 Å². The van der Waals surface area contributed by atoms with Gasteiger partial charge in [0, 0.05) is 38.4 Å². The Hall–Kier alpha value is -1.05. The van der Waals surface area contributed by atoms with E-state index in [1.165, 1.54) is 19.3 Å². The molecule has 2 N–H and O–H groups in total. The number of aromatic nitrogens is 1. The highest BCUT2D eigenvalue weighted by Gasteiger charge is 2.22. The predicted molar refractivity (Wildman–Crippen MR) is 111 cm³/mol. The molecule has 1 aromatic heterocycles. The van der Waals surface area contributed by atoms with E-state index < -0.39 is 0 Å². The molecule has 1 saturated heterocycles. The van der Waals surface area contributed by atoms with Gasteiger partial charge in [-0.25, -0.2) is 4.98 Å². The summed E-state index contributed by atoms with van der Waals surface area (Å²) in [4.78, 5) is 11.4. The van der Waals surface area contributed by atoms with Gasteiger partial charge in [-0.1, -0.05) is 18.9 Å². The molecule has 1 aromatic rings. The molecular formula is C18H30IN5.